The highest BCUT2D eigenvalue weighted by Crippen LogP contribution is 2.32. The average Bonchev–Trinajstić information content (AvgIpc) is 2.77. The van der Waals surface area contributed by atoms with Crippen LogP contribution in [-0.2, 0) is 4.79 Å². The van der Waals surface area contributed by atoms with Crippen LogP contribution in [0.1, 0.15) is 37.7 Å². The van der Waals surface area contributed by atoms with Crippen molar-refractivity contribution in [3.05, 3.63) is 70.7 Å². The number of benzene rings is 2. The summed E-state index contributed by atoms with van der Waals surface area (Å²) in [4.78, 5) is 26.5. The van der Waals surface area contributed by atoms with Crippen molar-refractivity contribution < 1.29 is 9.59 Å². The fourth-order valence-corrected chi connectivity index (χ4v) is 4.17. The van der Waals surface area contributed by atoms with Crippen LogP contribution in [0.4, 0.5) is 16.2 Å². The first-order chi connectivity index (χ1) is 14.9. The van der Waals surface area contributed by atoms with E-state index < -0.39 is 0 Å². The van der Waals surface area contributed by atoms with E-state index >= 15 is 0 Å². The lowest BCUT2D eigenvalue weighted by molar-refractivity contribution is -0.119. The molecular formula is C24H27Cl2N3O2. The molecule has 0 aromatic heterocycles. The minimum absolute atomic E-state index is 0.00871. The molecule has 3 rings (SSSR count). The van der Waals surface area contributed by atoms with E-state index in [4.69, 9.17) is 23.2 Å². The third kappa shape index (κ3) is 6.02. The molecule has 0 bridgehead atoms. The van der Waals surface area contributed by atoms with Crippen LogP contribution in [0.3, 0.4) is 0 Å². The van der Waals surface area contributed by atoms with Gasteiger partial charge in [0.2, 0.25) is 5.91 Å². The second-order valence-corrected chi connectivity index (χ2v) is 8.64. The SMILES string of the molecule is C=CCC(C)C(=O)Nc1ccc(C2CCN(C(=O)Nc3c(Cl)cccc3Cl)CC2)cc1. The molecule has 0 saturated carbocycles. The van der Waals surface area contributed by atoms with Crippen LogP contribution in [-0.4, -0.2) is 29.9 Å². The number of hydrogen-bond donors (Lipinski definition) is 2. The summed E-state index contributed by atoms with van der Waals surface area (Å²) < 4.78 is 0. The zero-order chi connectivity index (χ0) is 22.4. The second kappa shape index (κ2) is 10.7. The van der Waals surface area contributed by atoms with Crippen LogP contribution in [0.2, 0.25) is 10.0 Å². The monoisotopic (exact) mass is 459 g/mol. The molecule has 1 aliphatic heterocycles. The van der Waals surface area contributed by atoms with Crippen LogP contribution in [0.5, 0.6) is 0 Å². The van der Waals surface area contributed by atoms with Crippen molar-refractivity contribution in [3.63, 3.8) is 0 Å². The van der Waals surface area contributed by atoms with Crippen LogP contribution < -0.4 is 10.6 Å². The normalized spacial score (nSPS) is 15.3. The van der Waals surface area contributed by atoms with Gasteiger partial charge in [-0.2, -0.15) is 0 Å². The summed E-state index contributed by atoms with van der Waals surface area (Å²) in [5, 5.41) is 6.60. The third-order valence-electron chi connectivity index (χ3n) is 5.59. The molecular weight excluding hydrogens is 433 g/mol. The molecule has 3 amide bonds. The summed E-state index contributed by atoms with van der Waals surface area (Å²) in [6, 6.07) is 12.9. The summed E-state index contributed by atoms with van der Waals surface area (Å²) >= 11 is 12.3. The fourth-order valence-electron chi connectivity index (χ4n) is 3.68. The van der Waals surface area contributed by atoms with Crippen molar-refractivity contribution in [2.75, 3.05) is 23.7 Å². The second-order valence-electron chi connectivity index (χ2n) is 7.82. The van der Waals surface area contributed by atoms with Gasteiger partial charge >= 0.3 is 6.03 Å². The summed E-state index contributed by atoms with van der Waals surface area (Å²) in [6.07, 6.45) is 4.14. The number of nitrogens with zero attached hydrogens (tertiary/aromatic N) is 1. The predicted octanol–water partition coefficient (Wildman–Crippen LogP) is 6.56. The van der Waals surface area contributed by atoms with Crippen LogP contribution >= 0.6 is 23.2 Å². The number of carbonyl (C=O) groups is 2. The van der Waals surface area contributed by atoms with Gasteiger partial charge in [-0.3, -0.25) is 4.79 Å². The standard InChI is InChI=1S/C24H27Cl2N3O2/c1-3-5-16(2)23(30)27-19-10-8-17(9-11-19)18-12-14-29(15-13-18)24(31)28-22-20(25)6-4-7-21(22)26/h3-4,6-11,16,18H,1,5,12-15H2,2H3,(H,27,30)(H,28,31). The molecule has 5 nitrogen and oxygen atoms in total. The Bertz CT molecular complexity index is 918. The number of rotatable bonds is 6. The van der Waals surface area contributed by atoms with E-state index in [1.807, 2.05) is 19.1 Å². The van der Waals surface area contributed by atoms with Crippen molar-refractivity contribution in [2.45, 2.75) is 32.1 Å². The predicted molar refractivity (Wildman–Crippen MR) is 128 cm³/mol. The number of nitrogens with one attached hydrogen (secondary N) is 2. The molecule has 1 heterocycles. The number of carbonyl (C=O) groups excluding carboxylic acids is 2. The minimum atomic E-state index is -0.194. The molecule has 0 radical (unpaired) electrons. The Hall–Kier alpha value is -2.50. The molecule has 2 N–H and O–H groups in total. The van der Waals surface area contributed by atoms with E-state index in [9.17, 15) is 9.59 Å². The number of para-hydroxylation sites is 1. The van der Waals surface area contributed by atoms with E-state index in [-0.39, 0.29) is 17.9 Å². The molecule has 31 heavy (non-hydrogen) atoms. The van der Waals surface area contributed by atoms with Gasteiger partial charge < -0.3 is 15.5 Å². The topological polar surface area (TPSA) is 61.4 Å². The van der Waals surface area contributed by atoms with Crippen molar-refractivity contribution in [3.8, 4) is 0 Å². The van der Waals surface area contributed by atoms with Gasteiger partial charge in [-0.25, -0.2) is 4.79 Å². The number of halogens is 2. The van der Waals surface area contributed by atoms with Gasteiger partial charge in [0.05, 0.1) is 15.7 Å². The Labute approximate surface area is 193 Å². The summed E-state index contributed by atoms with van der Waals surface area (Å²) in [6.45, 7) is 6.86. The summed E-state index contributed by atoms with van der Waals surface area (Å²) in [5.41, 5.74) is 2.45. The van der Waals surface area contributed by atoms with E-state index in [2.05, 4.69) is 29.3 Å². The van der Waals surface area contributed by atoms with Crippen molar-refractivity contribution >= 4 is 46.5 Å². The number of amides is 3. The third-order valence-corrected chi connectivity index (χ3v) is 6.22. The van der Waals surface area contributed by atoms with Crippen molar-refractivity contribution in [2.24, 2.45) is 5.92 Å². The lowest BCUT2D eigenvalue weighted by Crippen LogP contribution is -2.40. The molecule has 7 heteroatoms. The molecule has 2 aromatic carbocycles. The van der Waals surface area contributed by atoms with Gasteiger partial charge in [-0.15, -0.1) is 6.58 Å². The molecule has 1 saturated heterocycles. The molecule has 164 valence electrons. The zero-order valence-electron chi connectivity index (χ0n) is 17.5. The number of likely N-dealkylation sites (tertiary alicyclic amines) is 1. The fraction of sp³-hybridized carbons (Fsp3) is 0.333. The molecule has 1 atom stereocenters. The maximum absolute atomic E-state index is 12.6. The lowest BCUT2D eigenvalue weighted by atomic mass is 9.89. The van der Waals surface area contributed by atoms with Gasteiger partial charge in [0.15, 0.2) is 0 Å². The van der Waals surface area contributed by atoms with E-state index in [1.165, 1.54) is 5.56 Å². The number of piperidine rings is 1. The average molecular weight is 460 g/mol. The first-order valence-corrected chi connectivity index (χ1v) is 11.2. The number of anilines is 2. The van der Waals surface area contributed by atoms with E-state index in [0.717, 1.165) is 18.5 Å². The largest absolute Gasteiger partial charge is 0.326 e. The molecule has 1 unspecified atom stereocenters. The first-order valence-electron chi connectivity index (χ1n) is 10.4. The van der Waals surface area contributed by atoms with Crippen LogP contribution in [0.25, 0.3) is 0 Å². The zero-order valence-corrected chi connectivity index (χ0v) is 19.0. The molecule has 2 aromatic rings. The number of urea groups is 1. The van der Waals surface area contributed by atoms with E-state index in [1.54, 1.807) is 29.2 Å². The maximum Gasteiger partial charge on any atom is 0.321 e. The minimum Gasteiger partial charge on any atom is -0.326 e. The highest BCUT2D eigenvalue weighted by atomic mass is 35.5. The Morgan fingerprint density at radius 2 is 1.71 bits per heavy atom. The smallest absolute Gasteiger partial charge is 0.321 e. The van der Waals surface area contributed by atoms with Crippen molar-refractivity contribution in [1.82, 2.24) is 4.90 Å². The Morgan fingerprint density at radius 1 is 1.10 bits per heavy atom. The van der Waals surface area contributed by atoms with Crippen LogP contribution in [0, 0.1) is 5.92 Å². The van der Waals surface area contributed by atoms with Gasteiger partial charge in [-0.05, 0) is 55.0 Å². The van der Waals surface area contributed by atoms with Gasteiger partial charge in [0.25, 0.3) is 0 Å². The van der Waals surface area contributed by atoms with E-state index in [0.29, 0.717) is 41.2 Å². The highest BCUT2D eigenvalue weighted by Gasteiger charge is 2.24. The molecule has 1 aliphatic rings. The Kier molecular flexibility index (Phi) is 7.99. The summed E-state index contributed by atoms with van der Waals surface area (Å²) in [5.74, 6) is 0.260. The lowest BCUT2D eigenvalue weighted by Gasteiger charge is -2.32. The van der Waals surface area contributed by atoms with Crippen molar-refractivity contribution in [1.29, 1.82) is 0 Å². The molecule has 0 spiro atoms. The van der Waals surface area contributed by atoms with Gasteiger partial charge in [0, 0.05) is 24.7 Å². The highest BCUT2D eigenvalue weighted by molar-refractivity contribution is 6.39. The van der Waals surface area contributed by atoms with Gasteiger partial charge in [0.1, 0.15) is 0 Å². The quantitative estimate of drug-likeness (QED) is 0.480. The molecule has 0 aliphatic carbocycles. The first kappa shape index (κ1) is 23.2. The summed E-state index contributed by atoms with van der Waals surface area (Å²) in [7, 11) is 0. The molecule has 1 fully saturated rings. The Balaban J connectivity index is 1.53. The number of hydrogen-bond acceptors (Lipinski definition) is 2. The number of allylic oxidation sites excluding steroid dienone is 1. The Morgan fingerprint density at radius 3 is 2.29 bits per heavy atom. The maximum atomic E-state index is 12.6. The van der Waals surface area contributed by atoms with Gasteiger partial charge in [-0.1, -0.05) is 54.4 Å². The van der Waals surface area contributed by atoms with Crippen LogP contribution in [0.15, 0.2) is 55.1 Å².